The fraction of sp³-hybridized carbons (Fsp3) is 0.543. The van der Waals surface area contributed by atoms with E-state index in [-0.39, 0.29) is 5.56 Å². The molecule has 0 spiro atoms. The Labute approximate surface area is 233 Å². The second kappa shape index (κ2) is 14.3. The van der Waals surface area contributed by atoms with Crippen molar-refractivity contribution in [1.82, 2.24) is 0 Å². The molecule has 1 nitrogen and oxygen atoms in total. The smallest absolute Gasteiger partial charge is 0.315 e. The van der Waals surface area contributed by atoms with Gasteiger partial charge in [0.05, 0.1) is 13.0 Å². The van der Waals surface area contributed by atoms with Crippen LogP contribution in [0.25, 0.3) is 0 Å². The van der Waals surface area contributed by atoms with Gasteiger partial charge in [0.15, 0.2) is 0 Å². The first-order valence-electron chi connectivity index (χ1n) is 15.0. The maximum atomic E-state index is 14.8. The Bertz CT molecular complexity index is 1070. The molecule has 0 saturated heterocycles. The molecule has 2 aromatic carbocycles. The van der Waals surface area contributed by atoms with Gasteiger partial charge in [0.1, 0.15) is 5.82 Å². The molecule has 0 aliphatic heterocycles. The highest BCUT2D eigenvalue weighted by Gasteiger charge is 2.31. The maximum absolute atomic E-state index is 14.8. The van der Waals surface area contributed by atoms with E-state index in [1.54, 1.807) is 18.2 Å². The lowest BCUT2D eigenvalue weighted by molar-refractivity contribution is -0.244. The van der Waals surface area contributed by atoms with Crippen LogP contribution in [0.15, 0.2) is 66.8 Å². The third kappa shape index (κ3) is 8.83. The van der Waals surface area contributed by atoms with Crippen molar-refractivity contribution in [2.45, 2.75) is 109 Å². The molecule has 2 aromatic rings. The van der Waals surface area contributed by atoms with E-state index in [0.717, 1.165) is 43.6 Å². The van der Waals surface area contributed by atoms with Gasteiger partial charge < -0.3 is 4.74 Å². The standard InChI is InChI=1S/C35H45F3O/c1-3-5-6-8-27-11-17-31(18-12-27)32-21-22-33(34(36)23-32)25-39-35(37,38)24-28-13-19-30(20-14-28)29-15-9-26(7-4-2)10-16-29/h3-5,7,13-14,19-23,26-27,29,31H,6,8-12,15-18,24-25H2,1-2H3/b5-3+,7-4+. The molecule has 0 radical (unpaired) electrons. The largest absolute Gasteiger partial charge is 0.360 e. The Morgan fingerprint density at radius 1 is 0.821 bits per heavy atom. The summed E-state index contributed by atoms with van der Waals surface area (Å²) in [5.41, 5.74) is 2.92. The summed E-state index contributed by atoms with van der Waals surface area (Å²) in [6.07, 6.45) is 16.3. The molecule has 2 aliphatic rings. The molecular weight excluding hydrogens is 493 g/mol. The Balaban J connectivity index is 1.25. The maximum Gasteiger partial charge on any atom is 0.360 e. The van der Waals surface area contributed by atoms with E-state index in [4.69, 9.17) is 4.74 Å². The summed E-state index contributed by atoms with van der Waals surface area (Å²) in [4.78, 5) is 0. The molecule has 2 aliphatic carbocycles. The van der Waals surface area contributed by atoms with Crippen molar-refractivity contribution < 1.29 is 17.9 Å². The van der Waals surface area contributed by atoms with Gasteiger partial charge >= 0.3 is 6.11 Å². The second-order valence-corrected chi connectivity index (χ2v) is 11.7. The molecule has 212 valence electrons. The molecule has 4 heteroatoms. The lowest BCUT2D eigenvalue weighted by Gasteiger charge is -2.29. The number of rotatable bonds is 11. The summed E-state index contributed by atoms with van der Waals surface area (Å²) in [5, 5.41) is 0. The molecule has 0 amide bonds. The topological polar surface area (TPSA) is 9.23 Å². The van der Waals surface area contributed by atoms with Crippen molar-refractivity contribution in [2.75, 3.05) is 0 Å². The normalized spacial score (nSPS) is 24.5. The SMILES string of the molecule is C/C=C/CCC1CCC(c2ccc(COC(F)(F)Cc3ccc(C4CCC(/C=C/C)CC4)cc3)c(F)c2)CC1. The number of halogens is 3. The highest BCUT2D eigenvalue weighted by Crippen LogP contribution is 2.39. The van der Waals surface area contributed by atoms with E-state index in [2.05, 4.69) is 38.2 Å². The minimum absolute atomic E-state index is 0.183. The van der Waals surface area contributed by atoms with Crippen molar-refractivity contribution in [2.24, 2.45) is 11.8 Å². The fourth-order valence-electron chi connectivity index (χ4n) is 6.51. The quantitative estimate of drug-likeness (QED) is 0.259. The molecule has 4 rings (SSSR count). The molecule has 0 bridgehead atoms. The molecule has 0 heterocycles. The van der Waals surface area contributed by atoms with Crippen LogP contribution in [0.5, 0.6) is 0 Å². The highest BCUT2D eigenvalue weighted by molar-refractivity contribution is 5.28. The molecule has 0 atom stereocenters. The monoisotopic (exact) mass is 538 g/mol. The zero-order chi connectivity index (χ0) is 27.7. The first-order valence-corrected chi connectivity index (χ1v) is 15.0. The zero-order valence-electron chi connectivity index (χ0n) is 23.7. The van der Waals surface area contributed by atoms with Crippen LogP contribution in [0, 0.1) is 17.7 Å². The average molecular weight is 539 g/mol. The van der Waals surface area contributed by atoms with Crippen LogP contribution in [0.3, 0.4) is 0 Å². The minimum Gasteiger partial charge on any atom is -0.315 e. The van der Waals surface area contributed by atoms with Gasteiger partial charge in [-0.3, -0.25) is 0 Å². The Morgan fingerprint density at radius 2 is 1.46 bits per heavy atom. The summed E-state index contributed by atoms with van der Waals surface area (Å²) in [6.45, 7) is 3.68. The lowest BCUT2D eigenvalue weighted by Crippen LogP contribution is -2.24. The van der Waals surface area contributed by atoms with Gasteiger partial charge in [0.2, 0.25) is 0 Å². The predicted octanol–water partition coefficient (Wildman–Crippen LogP) is 10.7. The summed E-state index contributed by atoms with van der Waals surface area (Å²) >= 11 is 0. The average Bonchev–Trinajstić information content (AvgIpc) is 2.94. The number of hydrogen-bond donors (Lipinski definition) is 0. The number of allylic oxidation sites excluding steroid dienone is 4. The van der Waals surface area contributed by atoms with Crippen LogP contribution in [-0.2, 0) is 17.8 Å². The third-order valence-corrected chi connectivity index (χ3v) is 8.91. The summed E-state index contributed by atoms with van der Waals surface area (Å²) in [7, 11) is 0. The van der Waals surface area contributed by atoms with Crippen LogP contribution in [0.4, 0.5) is 13.2 Å². The third-order valence-electron chi connectivity index (χ3n) is 8.91. The number of hydrogen-bond acceptors (Lipinski definition) is 1. The molecule has 0 unspecified atom stereocenters. The van der Waals surface area contributed by atoms with Gasteiger partial charge in [0, 0.05) is 5.56 Å². The summed E-state index contributed by atoms with van der Waals surface area (Å²) < 4.78 is 49.1. The van der Waals surface area contributed by atoms with E-state index in [0.29, 0.717) is 23.3 Å². The second-order valence-electron chi connectivity index (χ2n) is 11.7. The minimum atomic E-state index is -3.36. The molecule has 2 saturated carbocycles. The predicted molar refractivity (Wildman–Crippen MR) is 155 cm³/mol. The fourth-order valence-corrected chi connectivity index (χ4v) is 6.51. The zero-order valence-corrected chi connectivity index (χ0v) is 23.7. The molecular formula is C35H45F3O. The number of benzene rings is 2. The van der Waals surface area contributed by atoms with Crippen molar-refractivity contribution >= 4 is 0 Å². The molecule has 0 N–H and O–H groups in total. The number of ether oxygens (including phenoxy) is 1. The van der Waals surface area contributed by atoms with E-state index in [9.17, 15) is 13.2 Å². The van der Waals surface area contributed by atoms with Gasteiger partial charge in [-0.15, -0.1) is 0 Å². The first-order chi connectivity index (χ1) is 18.9. The van der Waals surface area contributed by atoms with Crippen LogP contribution < -0.4 is 0 Å². The van der Waals surface area contributed by atoms with E-state index < -0.39 is 25.0 Å². The van der Waals surface area contributed by atoms with Crippen LogP contribution >= 0.6 is 0 Å². The molecule has 0 aromatic heterocycles. The van der Waals surface area contributed by atoms with Crippen molar-refractivity contribution in [3.05, 3.63) is 94.8 Å². The number of alkyl halides is 2. The Hall–Kier alpha value is -2.33. The lowest BCUT2D eigenvalue weighted by atomic mass is 9.77. The molecule has 2 fully saturated rings. The summed E-state index contributed by atoms with van der Waals surface area (Å²) in [6, 6.07) is 12.6. The van der Waals surface area contributed by atoms with Crippen molar-refractivity contribution in [1.29, 1.82) is 0 Å². The molecule has 39 heavy (non-hydrogen) atoms. The van der Waals surface area contributed by atoms with Crippen molar-refractivity contribution in [3.8, 4) is 0 Å². The van der Waals surface area contributed by atoms with E-state index in [1.807, 2.05) is 18.2 Å². The van der Waals surface area contributed by atoms with Crippen LogP contribution in [0.1, 0.15) is 112 Å². The first kappa shape index (κ1) is 29.6. The van der Waals surface area contributed by atoms with E-state index >= 15 is 0 Å². The Kier molecular flexibility index (Phi) is 10.9. The van der Waals surface area contributed by atoms with Gasteiger partial charge in [-0.2, -0.15) is 8.78 Å². The van der Waals surface area contributed by atoms with Gasteiger partial charge in [-0.05, 0) is 124 Å². The van der Waals surface area contributed by atoms with Crippen LogP contribution in [-0.4, -0.2) is 6.11 Å². The van der Waals surface area contributed by atoms with Crippen molar-refractivity contribution in [3.63, 3.8) is 0 Å². The van der Waals surface area contributed by atoms with Gasteiger partial charge in [-0.1, -0.05) is 60.7 Å². The Morgan fingerprint density at radius 3 is 2.10 bits per heavy atom. The van der Waals surface area contributed by atoms with Crippen LogP contribution in [0.2, 0.25) is 0 Å². The van der Waals surface area contributed by atoms with E-state index in [1.165, 1.54) is 43.7 Å². The highest BCUT2D eigenvalue weighted by atomic mass is 19.3. The summed E-state index contributed by atoms with van der Waals surface area (Å²) in [5.74, 6) is 1.81. The van der Waals surface area contributed by atoms with Gasteiger partial charge in [0.25, 0.3) is 0 Å². The van der Waals surface area contributed by atoms with Gasteiger partial charge in [-0.25, -0.2) is 4.39 Å².